The molecule has 1 aromatic rings. The zero-order valence-electron chi connectivity index (χ0n) is 9.29. The quantitative estimate of drug-likeness (QED) is 0.820. The van der Waals surface area contributed by atoms with Crippen molar-refractivity contribution >= 4 is 23.4 Å². The minimum Gasteiger partial charge on any atom is -0.314 e. The van der Waals surface area contributed by atoms with Gasteiger partial charge in [0.25, 0.3) is 0 Å². The van der Waals surface area contributed by atoms with Crippen LogP contribution in [0.2, 0.25) is 5.02 Å². The van der Waals surface area contributed by atoms with Gasteiger partial charge in [-0.05, 0) is 25.1 Å². The summed E-state index contributed by atoms with van der Waals surface area (Å²) in [5, 5.41) is 4.27. The van der Waals surface area contributed by atoms with Crippen LogP contribution in [0.25, 0.3) is 0 Å². The Labute approximate surface area is 102 Å². The predicted molar refractivity (Wildman–Crippen MR) is 70.8 cm³/mol. The Balaban J connectivity index is 2.29. The third kappa shape index (κ3) is 4.92. The standard InChI is InChI=1S/C12H18ClNS/c1-3-14-10(2)8-15-9-11-6-4-5-7-12(11)13/h4-7,10,14H,3,8-9H2,1-2H3. The van der Waals surface area contributed by atoms with Crippen molar-refractivity contribution in [1.82, 2.24) is 5.32 Å². The number of hydrogen-bond acceptors (Lipinski definition) is 2. The molecule has 0 saturated heterocycles. The zero-order chi connectivity index (χ0) is 11.1. The molecule has 0 fully saturated rings. The molecule has 0 amide bonds. The van der Waals surface area contributed by atoms with E-state index in [0.717, 1.165) is 23.1 Å². The number of benzene rings is 1. The van der Waals surface area contributed by atoms with Gasteiger partial charge < -0.3 is 5.32 Å². The van der Waals surface area contributed by atoms with Crippen molar-refractivity contribution in [2.24, 2.45) is 0 Å². The number of thioether (sulfide) groups is 1. The van der Waals surface area contributed by atoms with Crippen LogP contribution in [-0.2, 0) is 5.75 Å². The van der Waals surface area contributed by atoms with Crippen LogP contribution >= 0.6 is 23.4 Å². The first-order valence-electron chi connectivity index (χ1n) is 5.28. The molecular weight excluding hydrogens is 226 g/mol. The third-order valence-electron chi connectivity index (χ3n) is 2.14. The molecule has 1 aromatic carbocycles. The van der Waals surface area contributed by atoms with Crippen molar-refractivity contribution in [3.05, 3.63) is 34.9 Å². The molecule has 1 N–H and O–H groups in total. The first-order chi connectivity index (χ1) is 7.24. The van der Waals surface area contributed by atoms with Crippen LogP contribution in [0.15, 0.2) is 24.3 Å². The lowest BCUT2D eigenvalue weighted by Crippen LogP contribution is -2.27. The molecule has 1 rings (SSSR count). The summed E-state index contributed by atoms with van der Waals surface area (Å²) in [5.74, 6) is 2.12. The van der Waals surface area contributed by atoms with E-state index < -0.39 is 0 Å². The molecule has 0 radical (unpaired) electrons. The van der Waals surface area contributed by atoms with Crippen molar-refractivity contribution < 1.29 is 0 Å². The second-order valence-electron chi connectivity index (χ2n) is 3.57. The van der Waals surface area contributed by atoms with Crippen LogP contribution in [0.4, 0.5) is 0 Å². The van der Waals surface area contributed by atoms with Crippen molar-refractivity contribution in [2.45, 2.75) is 25.6 Å². The van der Waals surface area contributed by atoms with Gasteiger partial charge in [-0.25, -0.2) is 0 Å². The third-order valence-corrected chi connectivity index (χ3v) is 3.76. The minimum atomic E-state index is 0.572. The van der Waals surface area contributed by atoms with Gasteiger partial charge in [-0.3, -0.25) is 0 Å². The summed E-state index contributed by atoms with van der Waals surface area (Å²) in [6.45, 7) is 5.38. The average Bonchev–Trinajstić information content (AvgIpc) is 2.21. The SMILES string of the molecule is CCNC(C)CSCc1ccccc1Cl. The molecule has 3 heteroatoms. The Hall–Kier alpha value is -0.180. The lowest BCUT2D eigenvalue weighted by molar-refractivity contribution is 0.620. The summed E-state index contributed by atoms with van der Waals surface area (Å²) in [6, 6.07) is 8.62. The lowest BCUT2D eigenvalue weighted by atomic mass is 10.2. The van der Waals surface area contributed by atoms with E-state index in [1.54, 1.807) is 0 Å². The minimum absolute atomic E-state index is 0.572. The number of halogens is 1. The van der Waals surface area contributed by atoms with Gasteiger partial charge in [-0.2, -0.15) is 11.8 Å². The van der Waals surface area contributed by atoms with Crippen LogP contribution in [0.3, 0.4) is 0 Å². The Morgan fingerprint density at radius 2 is 2.13 bits per heavy atom. The maximum absolute atomic E-state index is 6.07. The smallest absolute Gasteiger partial charge is 0.0446 e. The maximum Gasteiger partial charge on any atom is 0.0446 e. The molecule has 1 atom stereocenters. The molecule has 0 aliphatic carbocycles. The molecule has 0 spiro atoms. The van der Waals surface area contributed by atoms with Crippen LogP contribution in [0.5, 0.6) is 0 Å². The van der Waals surface area contributed by atoms with Gasteiger partial charge in [0.05, 0.1) is 0 Å². The highest BCUT2D eigenvalue weighted by Gasteiger charge is 2.02. The fraction of sp³-hybridized carbons (Fsp3) is 0.500. The molecule has 0 aliphatic heterocycles. The fourth-order valence-electron chi connectivity index (χ4n) is 1.37. The monoisotopic (exact) mass is 243 g/mol. The Kier molecular flexibility index (Phi) is 6.15. The van der Waals surface area contributed by atoms with Gasteiger partial charge in [0, 0.05) is 22.6 Å². The van der Waals surface area contributed by atoms with Gasteiger partial charge in [-0.15, -0.1) is 0 Å². The van der Waals surface area contributed by atoms with E-state index in [4.69, 9.17) is 11.6 Å². The summed E-state index contributed by atoms with van der Waals surface area (Å²) in [5.41, 5.74) is 1.23. The first kappa shape index (κ1) is 12.9. The average molecular weight is 244 g/mol. The van der Waals surface area contributed by atoms with Crippen molar-refractivity contribution in [3.8, 4) is 0 Å². The maximum atomic E-state index is 6.07. The molecule has 1 unspecified atom stereocenters. The first-order valence-corrected chi connectivity index (χ1v) is 6.81. The molecule has 84 valence electrons. The Bertz CT molecular complexity index is 291. The molecule has 0 aromatic heterocycles. The van der Waals surface area contributed by atoms with E-state index in [1.807, 2.05) is 30.0 Å². The highest BCUT2D eigenvalue weighted by Crippen LogP contribution is 2.20. The van der Waals surface area contributed by atoms with Gasteiger partial charge >= 0.3 is 0 Å². The van der Waals surface area contributed by atoms with E-state index in [9.17, 15) is 0 Å². The van der Waals surface area contributed by atoms with Crippen LogP contribution in [0, 0.1) is 0 Å². The van der Waals surface area contributed by atoms with E-state index >= 15 is 0 Å². The lowest BCUT2D eigenvalue weighted by Gasteiger charge is -2.11. The Morgan fingerprint density at radius 1 is 1.40 bits per heavy atom. The van der Waals surface area contributed by atoms with Crippen LogP contribution in [0.1, 0.15) is 19.4 Å². The Morgan fingerprint density at radius 3 is 2.80 bits per heavy atom. The van der Waals surface area contributed by atoms with Crippen molar-refractivity contribution in [1.29, 1.82) is 0 Å². The van der Waals surface area contributed by atoms with Crippen molar-refractivity contribution in [3.63, 3.8) is 0 Å². The van der Waals surface area contributed by atoms with Crippen LogP contribution < -0.4 is 5.32 Å². The van der Waals surface area contributed by atoms with Gasteiger partial charge in [0.15, 0.2) is 0 Å². The molecule has 0 heterocycles. The van der Waals surface area contributed by atoms with E-state index in [1.165, 1.54) is 5.56 Å². The van der Waals surface area contributed by atoms with Gasteiger partial charge in [0.2, 0.25) is 0 Å². The number of rotatable bonds is 6. The largest absolute Gasteiger partial charge is 0.314 e. The predicted octanol–water partition coefficient (Wildman–Crippen LogP) is 3.57. The number of hydrogen-bond donors (Lipinski definition) is 1. The van der Waals surface area contributed by atoms with Gasteiger partial charge in [0.1, 0.15) is 0 Å². The summed E-state index contributed by atoms with van der Waals surface area (Å²) in [7, 11) is 0. The summed E-state index contributed by atoms with van der Waals surface area (Å²) in [4.78, 5) is 0. The molecule has 0 aliphatic rings. The van der Waals surface area contributed by atoms with Gasteiger partial charge in [-0.1, -0.05) is 36.7 Å². The van der Waals surface area contributed by atoms with E-state index in [0.29, 0.717) is 6.04 Å². The summed E-state index contributed by atoms with van der Waals surface area (Å²) in [6.07, 6.45) is 0. The summed E-state index contributed by atoms with van der Waals surface area (Å²) < 4.78 is 0. The molecule has 15 heavy (non-hydrogen) atoms. The van der Waals surface area contributed by atoms with E-state index in [-0.39, 0.29) is 0 Å². The van der Waals surface area contributed by atoms with Crippen LogP contribution in [-0.4, -0.2) is 18.3 Å². The number of nitrogens with one attached hydrogen (secondary N) is 1. The van der Waals surface area contributed by atoms with E-state index in [2.05, 4.69) is 25.2 Å². The fourth-order valence-corrected chi connectivity index (χ4v) is 2.71. The highest BCUT2D eigenvalue weighted by atomic mass is 35.5. The molecular formula is C12H18ClNS. The molecule has 1 nitrogen and oxygen atoms in total. The summed E-state index contributed by atoms with van der Waals surface area (Å²) >= 11 is 7.99. The second-order valence-corrected chi connectivity index (χ2v) is 5.00. The molecule has 0 saturated carbocycles. The normalized spacial score (nSPS) is 12.7. The second kappa shape index (κ2) is 7.15. The highest BCUT2D eigenvalue weighted by molar-refractivity contribution is 7.98. The topological polar surface area (TPSA) is 12.0 Å². The zero-order valence-corrected chi connectivity index (χ0v) is 10.9. The molecule has 0 bridgehead atoms. The van der Waals surface area contributed by atoms with Crippen molar-refractivity contribution in [2.75, 3.05) is 12.3 Å².